The number of amides is 1. The first-order chi connectivity index (χ1) is 11.6. The van der Waals surface area contributed by atoms with Crippen LogP contribution >= 0.6 is 0 Å². The first-order valence-corrected chi connectivity index (χ1v) is 8.60. The van der Waals surface area contributed by atoms with Gasteiger partial charge in [0.05, 0.1) is 4.90 Å². The number of anilines is 1. The molecule has 0 atom stereocenters. The van der Waals surface area contributed by atoms with Gasteiger partial charge in [-0.3, -0.25) is 4.79 Å². The number of sulfonamides is 1. The highest BCUT2D eigenvalue weighted by Gasteiger charge is 2.30. The molecule has 0 heterocycles. The second kappa shape index (κ2) is 7.24. The molecule has 0 saturated heterocycles. The number of nitrogens with one attached hydrogen (secondary N) is 2. The first kappa shape index (κ1) is 18.9. The third-order valence-corrected chi connectivity index (χ3v) is 4.58. The van der Waals surface area contributed by atoms with E-state index in [0.717, 1.165) is 17.7 Å². The van der Waals surface area contributed by atoms with Crippen molar-refractivity contribution in [3.8, 4) is 0 Å². The summed E-state index contributed by atoms with van der Waals surface area (Å²) < 4.78 is 61.8. The Morgan fingerprint density at radius 2 is 1.72 bits per heavy atom. The first-order valence-electron chi connectivity index (χ1n) is 7.11. The fourth-order valence-corrected chi connectivity index (χ4v) is 2.97. The molecule has 0 aliphatic rings. The molecule has 0 aliphatic carbocycles. The van der Waals surface area contributed by atoms with E-state index in [9.17, 15) is 26.4 Å². The summed E-state index contributed by atoms with van der Waals surface area (Å²) in [4.78, 5) is 11.8. The van der Waals surface area contributed by atoms with Gasteiger partial charge >= 0.3 is 6.18 Å². The topological polar surface area (TPSA) is 75.3 Å². The quantitative estimate of drug-likeness (QED) is 0.847. The number of hydrogen-bond acceptors (Lipinski definition) is 3. The summed E-state index contributed by atoms with van der Waals surface area (Å²) in [5.41, 5.74) is 1.52. The molecule has 2 rings (SSSR count). The largest absolute Gasteiger partial charge is 0.402 e. The standard InChI is InChI=1S/C16H15F3N2O3S/c1-11-5-7-13(8-6-11)21-15(22)12-3-2-4-14(9-12)25(23,24)20-10-16(17,18)19/h2-9,20H,10H2,1H3,(H,21,22). The van der Waals surface area contributed by atoms with Gasteiger partial charge in [0.25, 0.3) is 5.91 Å². The van der Waals surface area contributed by atoms with Crippen LogP contribution in [-0.4, -0.2) is 27.0 Å². The second-order valence-electron chi connectivity index (χ2n) is 5.29. The number of benzene rings is 2. The molecule has 0 unspecified atom stereocenters. The van der Waals surface area contributed by atoms with Gasteiger partial charge in [-0.15, -0.1) is 0 Å². The van der Waals surface area contributed by atoms with E-state index in [-0.39, 0.29) is 5.56 Å². The van der Waals surface area contributed by atoms with Gasteiger partial charge in [0.15, 0.2) is 0 Å². The molecule has 1 amide bonds. The van der Waals surface area contributed by atoms with Gasteiger partial charge in [-0.25, -0.2) is 13.1 Å². The molecule has 0 bridgehead atoms. The maximum Gasteiger partial charge on any atom is 0.402 e. The van der Waals surface area contributed by atoms with Crippen molar-refractivity contribution >= 4 is 21.6 Å². The third kappa shape index (κ3) is 5.57. The Kier molecular flexibility index (Phi) is 5.48. The fourth-order valence-electron chi connectivity index (χ4n) is 1.90. The van der Waals surface area contributed by atoms with Gasteiger partial charge in [0, 0.05) is 11.3 Å². The van der Waals surface area contributed by atoms with E-state index in [1.54, 1.807) is 24.3 Å². The van der Waals surface area contributed by atoms with Crippen LogP contribution < -0.4 is 10.0 Å². The molecular formula is C16H15F3N2O3S. The van der Waals surface area contributed by atoms with Crippen molar-refractivity contribution in [1.82, 2.24) is 4.72 Å². The minimum absolute atomic E-state index is 0.00968. The van der Waals surface area contributed by atoms with Crippen molar-refractivity contribution in [2.24, 2.45) is 0 Å². The Bertz CT molecular complexity index is 863. The van der Waals surface area contributed by atoms with Crippen LogP contribution in [0, 0.1) is 6.92 Å². The van der Waals surface area contributed by atoms with Crippen molar-refractivity contribution in [2.75, 3.05) is 11.9 Å². The number of carbonyl (C=O) groups is 1. The van der Waals surface area contributed by atoms with Crippen molar-refractivity contribution in [3.05, 3.63) is 59.7 Å². The van der Waals surface area contributed by atoms with Gasteiger partial charge in [0.2, 0.25) is 10.0 Å². The van der Waals surface area contributed by atoms with Crippen molar-refractivity contribution in [1.29, 1.82) is 0 Å². The van der Waals surface area contributed by atoms with Crippen LogP contribution in [0.4, 0.5) is 18.9 Å². The smallest absolute Gasteiger partial charge is 0.322 e. The molecule has 134 valence electrons. The van der Waals surface area contributed by atoms with Gasteiger partial charge in [-0.05, 0) is 37.3 Å². The minimum atomic E-state index is -4.67. The summed E-state index contributed by atoms with van der Waals surface area (Å²) in [5.74, 6) is -0.572. The van der Waals surface area contributed by atoms with Crippen LogP contribution in [0.15, 0.2) is 53.4 Å². The minimum Gasteiger partial charge on any atom is -0.322 e. The van der Waals surface area contributed by atoms with Crippen LogP contribution in [0.1, 0.15) is 15.9 Å². The SMILES string of the molecule is Cc1ccc(NC(=O)c2cccc(S(=O)(=O)NCC(F)(F)F)c2)cc1. The maximum atomic E-state index is 12.2. The number of alkyl halides is 3. The summed E-state index contributed by atoms with van der Waals surface area (Å²) in [5, 5.41) is 2.59. The number of halogens is 3. The Morgan fingerprint density at radius 3 is 2.32 bits per heavy atom. The third-order valence-electron chi connectivity index (χ3n) is 3.18. The highest BCUT2D eigenvalue weighted by atomic mass is 32.2. The Morgan fingerprint density at radius 1 is 1.08 bits per heavy atom. The molecule has 0 aliphatic heterocycles. The van der Waals surface area contributed by atoms with Crippen LogP contribution in [0.25, 0.3) is 0 Å². The molecule has 2 aromatic carbocycles. The number of aryl methyl sites for hydroxylation is 1. The van der Waals surface area contributed by atoms with Gasteiger partial charge in [-0.2, -0.15) is 13.2 Å². The second-order valence-corrected chi connectivity index (χ2v) is 7.05. The van der Waals surface area contributed by atoms with Gasteiger partial charge in [0.1, 0.15) is 6.54 Å². The van der Waals surface area contributed by atoms with Crippen LogP contribution in [-0.2, 0) is 10.0 Å². The van der Waals surface area contributed by atoms with Gasteiger partial charge in [-0.1, -0.05) is 23.8 Å². The summed E-state index contributed by atoms with van der Waals surface area (Å²) in [6.07, 6.45) is -4.67. The summed E-state index contributed by atoms with van der Waals surface area (Å²) in [7, 11) is -4.38. The predicted octanol–water partition coefficient (Wildman–Crippen LogP) is 3.09. The zero-order valence-electron chi connectivity index (χ0n) is 13.1. The van der Waals surface area contributed by atoms with E-state index in [0.29, 0.717) is 5.69 Å². The lowest BCUT2D eigenvalue weighted by Crippen LogP contribution is -2.33. The van der Waals surface area contributed by atoms with E-state index in [1.807, 2.05) is 6.92 Å². The lowest BCUT2D eigenvalue weighted by molar-refractivity contribution is -0.121. The molecule has 2 N–H and O–H groups in total. The van der Waals surface area contributed by atoms with Crippen LogP contribution in [0.3, 0.4) is 0 Å². The summed E-state index contributed by atoms with van der Waals surface area (Å²) in [6.45, 7) is 0.197. The fraction of sp³-hybridized carbons (Fsp3) is 0.188. The molecule has 0 aromatic heterocycles. The highest BCUT2D eigenvalue weighted by Crippen LogP contribution is 2.17. The van der Waals surface area contributed by atoms with Gasteiger partial charge < -0.3 is 5.32 Å². The Hall–Kier alpha value is -2.39. The lowest BCUT2D eigenvalue weighted by atomic mass is 10.2. The van der Waals surface area contributed by atoms with E-state index in [1.165, 1.54) is 16.9 Å². The lowest BCUT2D eigenvalue weighted by Gasteiger charge is -2.10. The summed E-state index contributed by atoms with van der Waals surface area (Å²) in [6, 6.07) is 11.7. The van der Waals surface area contributed by atoms with Crippen molar-refractivity contribution < 1.29 is 26.4 Å². The Balaban J connectivity index is 2.17. The monoisotopic (exact) mass is 372 g/mol. The molecule has 0 spiro atoms. The molecule has 0 radical (unpaired) electrons. The maximum absolute atomic E-state index is 12.2. The molecule has 2 aromatic rings. The predicted molar refractivity (Wildman–Crippen MR) is 86.8 cm³/mol. The summed E-state index contributed by atoms with van der Waals surface area (Å²) >= 11 is 0. The van der Waals surface area contributed by atoms with E-state index in [4.69, 9.17) is 0 Å². The van der Waals surface area contributed by atoms with Crippen LogP contribution in [0.5, 0.6) is 0 Å². The zero-order chi connectivity index (χ0) is 18.7. The molecular weight excluding hydrogens is 357 g/mol. The van der Waals surface area contributed by atoms with Crippen LogP contribution in [0.2, 0.25) is 0 Å². The molecule has 5 nitrogen and oxygen atoms in total. The normalized spacial score (nSPS) is 12.0. The van der Waals surface area contributed by atoms with Crippen molar-refractivity contribution in [2.45, 2.75) is 18.0 Å². The molecule has 0 saturated carbocycles. The molecule has 25 heavy (non-hydrogen) atoms. The van der Waals surface area contributed by atoms with E-state index in [2.05, 4.69) is 5.32 Å². The average molecular weight is 372 g/mol. The molecule has 0 fully saturated rings. The molecule has 9 heteroatoms. The number of carbonyl (C=O) groups excluding carboxylic acids is 1. The Labute approximate surface area is 142 Å². The number of rotatable bonds is 5. The average Bonchev–Trinajstić information content (AvgIpc) is 2.55. The van der Waals surface area contributed by atoms with E-state index < -0.39 is 33.5 Å². The number of hydrogen-bond donors (Lipinski definition) is 2. The van der Waals surface area contributed by atoms with Crippen molar-refractivity contribution in [3.63, 3.8) is 0 Å². The van der Waals surface area contributed by atoms with E-state index >= 15 is 0 Å². The zero-order valence-corrected chi connectivity index (χ0v) is 13.9. The highest BCUT2D eigenvalue weighted by molar-refractivity contribution is 7.89.